The van der Waals surface area contributed by atoms with Crippen molar-refractivity contribution in [2.24, 2.45) is 0 Å². The third-order valence-electron chi connectivity index (χ3n) is 3.95. The Hall–Kier alpha value is -2.80. The quantitative estimate of drug-likeness (QED) is 0.544. The van der Waals surface area contributed by atoms with Crippen molar-refractivity contribution in [1.29, 1.82) is 0 Å². The van der Waals surface area contributed by atoms with E-state index in [0.29, 0.717) is 10.8 Å². The Morgan fingerprint density at radius 1 is 1.11 bits per heavy atom. The van der Waals surface area contributed by atoms with E-state index in [1.165, 1.54) is 13.8 Å². The number of anilines is 1. The van der Waals surface area contributed by atoms with Crippen LogP contribution in [0, 0.1) is 20.8 Å². The molecule has 0 aliphatic carbocycles. The van der Waals surface area contributed by atoms with Gasteiger partial charge in [0.05, 0.1) is 12.2 Å². The van der Waals surface area contributed by atoms with Gasteiger partial charge in [-0.05, 0) is 57.9 Å². The first-order valence-corrected chi connectivity index (χ1v) is 9.04. The molecular weight excluding hydrogens is 386 g/mol. The monoisotopic (exact) mass is 407 g/mol. The average molecular weight is 408 g/mol. The normalized spacial score (nSPS) is 10.5. The molecule has 0 aliphatic heterocycles. The van der Waals surface area contributed by atoms with Crippen LogP contribution >= 0.6 is 11.6 Å². The molecule has 0 saturated carbocycles. The molecule has 8 heteroatoms. The maximum atomic E-state index is 12.3. The zero-order chi connectivity index (χ0) is 21.0. The molecule has 1 heterocycles. The van der Waals surface area contributed by atoms with Crippen LogP contribution in [-0.2, 0) is 9.53 Å². The Balaban J connectivity index is 2.18. The summed E-state index contributed by atoms with van der Waals surface area (Å²) in [4.78, 5) is 36.4. The molecule has 0 bridgehead atoms. The highest BCUT2D eigenvalue weighted by Gasteiger charge is 2.28. The van der Waals surface area contributed by atoms with Crippen LogP contribution in [0.2, 0.25) is 5.02 Å². The second-order valence-electron chi connectivity index (χ2n) is 6.22. The lowest BCUT2D eigenvalue weighted by Gasteiger charge is -2.10. The fraction of sp³-hybridized carbons (Fsp3) is 0.350. The van der Waals surface area contributed by atoms with E-state index in [1.807, 2.05) is 13.8 Å². The van der Waals surface area contributed by atoms with Gasteiger partial charge in [-0.15, -0.1) is 0 Å². The third kappa shape index (κ3) is 4.72. The van der Waals surface area contributed by atoms with Gasteiger partial charge in [0.2, 0.25) is 5.88 Å². The summed E-state index contributed by atoms with van der Waals surface area (Å²) in [7, 11) is 0. The Bertz CT molecular complexity index is 908. The van der Waals surface area contributed by atoms with E-state index in [1.54, 1.807) is 19.1 Å². The number of hydrogen-bond acceptors (Lipinski definition) is 6. The first kappa shape index (κ1) is 21.5. The Morgan fingerprint density at radius 3 is 2.25 bits per heavy atom. The first-order chi connectivity index (χ1) is 13.1. The lowest BCUT2D eigenvalue weighted by Crippen LogP contribution is -2.22. The van der Waals surface area contributed by atoms with Gasteiger partial charge in [0, 0.05) is 5.02 Å². The molecule has 2 rings (SSSR count). The van der Waals surface area contributed by atoms with Crippen molar-refractivity contribution in [2.45, 2.75) is 34.6 Å². The lowest BCUT2D eigenvalue weighted by molar-refractivity contribution is -0.118. The molecule has 150 valence electrons. The summed E-state index contributed by atoms with van der Waals surface area (Å²) >= 11 is 6.12. The smallest absolute Gasteiger partial charge is 0.344 e. The molecule has 1 aromatic heterocycles. The molecule has 0 fully saturated rings. The van der Waals surface area contributed by atoms with E-state index in [-0.39, 0.29) is 41.8 Å². The summed E-state index contributed by atoms with van der Waals surface area (Å²) in [5.74, 6) is -1.10. The molecule has 0 unspecified atom stereocenters. The summed E-state index contributed by atoms with van der Waals surface area (Å²) < 4.78 is 15.9. The van der Waals surface area contributed by atoms with Gasteiger partial charge in [-0.2, -0.15) is 0 Å². The van der Waals surface area contributed by atoms with E-state index in [9.17, 15) is 14.4 Å². The lowest BCUT2D eigenvalue weighted by atomic mass is 10.1. The maximum Gasteiger partial charge on any atom is 0.344 e. The molecule has 0 aliphatic rings. The van der Waals surface area contributed by atoms with Crippen molar-refractivity contribution in [3.63, 3.8) is 0 Å². The van der Waals surface area contributed by atoms with Crippen LogP contribution in [-0.4, -0.2) is 30.9 Å². The number of benzene rings is 1. The minimum atomic E-state index is -0.746. The number of nitrogens with one attached hydrogen (secondary N) is 1. The zero-order valence-corrected chi connectivity index (χ0v) is 17.2. The summed E-state index contributed by atoms with van der Waals surface area (Å²) in [6, 6.07) is 3.44. The van der Waals surface area contributed by atoms with Gasteiger partial charge < -0.3 is 13.9 Å². The van der Waals surface area contributed by atoms with Crippen molar-refractivity contribution in [1.82, 2.24) is 0 Å². The second kappa shape index (κ2) is 8.93. The van der Waals surface area contributed by atoms with Crippen molar-refractivity contribution in [2.75, 3.05) is 18.5 Å². The van der Waals surface area contributed by atoms with Gasteiger partial charge in [-0.25, -0.2) is 4.79 Å². The average Bonchev–Trinajstić information content (AvgIpc) is 2.94. The van der Waals surface area contributed by atoms with Crippen molar-refractivity contribution < 1.29 is 28.3 Å². The van der Waals surface area contributed by atoms with Gasteiger partial charge in [-0.3, -0.25) is 14.9 Å². The van der Waals surface area contributed by atoms with Crippen molar-refractivity contribution in [3.8, 4) is 5.75 Å². The molecule has 0 atom stereocenters. The van der Waals surface area contributed by atoms with Gasteiger partial charge >= 0.3 is 5.97 Å². The molecule has 1 amide bonds. The number of rotatable bonds is 7. The van der Waals surface area contributed by atoms with Crippen LogP contribution in [0.3, 0.4) is 0 Å². The van der Waals surface area contributed by atoms with Crippen LogP contribution in [0.5, 0.6) is 5.75 Å². The number of aryl methyl sites for hydroxylation is 3. The number of furan rings is 1. The van der Waals surface area contributed by atoms with Crippen LogP contribution in [0.15, 0.2) is 16.5 Å². The predicted octanol–water partition coefficient (Wildman–Crippen LogP) is 4.26. The summed E-state index contributed by atoms with van der Waals surface area (Å²) in [6.07, 6.45) is 0. The zero-order valence-electron chi connectivity index (χ0n) is 16.4. The highest BCUT2D eigenvalue weighted by Crippen LogP contribution is 2.29. The number of carbonyl (C=O) groups excluding carboxylic acids is 3. The summed E-state index contributed by atoms with van der Waals surface area (Å²) in [5.41, 5.74) is 1.64. The minimum Gasteiger partial charge on any atom is -0.484 e. The highest BCUT2D eigenvalue weighted by atomic mass is 35.5. The van der Waals surface area contributed by atoms with E-state index < -0.39 is 11.9 Å². The number of ether oxygens (including phenoxy) is 2. The van der Waals surface area contributed by atoms with Crippen LogP contribution in [0.1, 0.15) is 51.5 Å². The fourth-order valence-corrected chi connectivity index (χ4v) is 2.86. The number of Topliss-reactive ketones (excluding diaryl/α,β-unsaturated/α-hetero) is 1. The number of halogens is 1. The highest BCUT2D eigenvalue weighted by molar-refractivity contribution is 6.32. The van der Waals surface area contributed by atoms with E-state index in [0.717, 1.165) is 11.1 Å². The van der Waals surface area contributed by atoms with Gasteiger partial charge in [0.15, 0.2) is 12.4 Å². The number of carbonyl (C=O) groups is 3. The maximum absolute atomic E-state index is 12.3. The number of esters is 1. The van der Waals surface area contributed by atoms with Crippen LogP contribution in [0.25, 0.3) is 0 Å². The molecule has 7 nitrogen and oxygen atoms in total. The topological polar surface area (TPSA) is 94.8 Å². The van der Waals surface area contributed by atoms with Gasteiger partial charge in [0.1, 0.15) is 17.1 Å². The Kier molecular flexibility index (Phi) is 6.85. The summed E-state index contributed by atoms with van der Waals surface area (Å²) in [5, 5.41) is 3.10. The molecule has 1 aromatic carbocycles. The number of amides is 1. The number of hydrogen-bond donors (Lipinski definition) is 1. The fourth-order valence-electron chi connectivity index (χ4n) is 2.76. The van der Waals surface area contributed by atoms with Crippen LogP contribution < -0.4 is 10.1 Å². The molecular formula is C20H22ClNO6. The molecule has 0 radical (unpaired) electrons. The molecule has 0 saturated heterocycles. The molecule has 28 heavy (non-hydrogen) atoms. The molecule has 0 spiro atoms. The van der Waals surface area contributed by atoms with Crippen LogP contribution in [0.4, 0.5) is 5.88 Å². The predicted molar refractivity (Wildman–Crippen MR) is 104 cm³/mol. The minimum absolute atomic E-state index is 0.0821. The van der Waals surface area contributed by atoms with E-state index in [2.05, 4.69) is 5.32 Å². The molecule has 1 N–H and O–H groups in total. The Labute approximate surface area is 167 Å². The van der Waals surface area contributed by atoms with E-state index >= 15 is 0 Å². The van der Waals surface area contributed by atoms with Gasteiger partial charge in [0.25, 0.3) is 5.91 Å². The van der Waals surface area contributed by atoms with Crippen molar-refractivity contribution >= 4 is 35.1 Å². The first-order valence-electron chi connectivity index (χ1n) is 8.66. The summed E-state index contributed by atoms with van der Waals surface area (Å²) in [6.45, 7) is 7.95. The third-order valence-corrected chi connectivity index (χ3v) is 4.54. The number of ketones is 1. The largest absolute Gasteiger partial charge is 0.484 e. The molecule has 2 aromatic rings. The SMILES string of the molecule is CCOC(=O)c1c(NC(=O)COc2cc(C)c(Cl)c(C)c2)oc(C)c1C(C)=O. The van der Waals surface area contributed by atoms with Gasteiger partial charge in [-0.1, -0.05) is 11.6 Å². The van der Waals surface area contributed by atoms with Crippen molar-refractivity contribution in [3.05, 3.63) is 45.2 Å². The standard InChI is InChI=1S/C20H22ClNO6/c1-6-26-20(25)17-16(12(4)23)13(5)28-19(17)22-15(24)9-27-14-7-10(2)18(21)11(3)8-14/h7-8H,6,9H2,1-5H3,(H,22,24). The van der Waals surface area contributed by atoms with E-state index in [4.69, 9.17) is 25.5 Å². The second-order valence-corrected chi connectivity index (χ2v) is 6.60. The Morgan fingerprint density at radius 2 is 1.71 bits per heavy atom.